The summed E-state index contributed by atoms with van der Waals surface area (Å²) in [5, 5.41) is 10.7. The van der Waals surface area contributed by atoms with Gasteiger partial charge in [-0.25, -0.2) is 9.13 Å². The molecule has 0 spiro atoms. The highest BCUT2D eigenvalue weighted by molar-refractivity contribution is 7.47. The van der Waals surface area contributed by atoms with E-state index in [9.17, 15) is 43.2 Å². The Bertz CT molecular complexity index is 2010. The number of carbonyl (C=O) groups excluding carboxylic acids is 4. The van der Waals surface area contributed by atoms with E-state index in [1.165, 1.54) is 270 Å². The molecule has 0 rings (SSSR count). The number of aliphatic hydroxyl groups excluding tert-OH is 1. The molecule has 0 heterocycles. The van der Waals surface area contributed by atoms with E-state index >= 15 is 0 Å². The minimum absolute atomic E-state index is 0.108. The molecule has 0 aromatic carbocycles. The number of hydrogen-bond donors (Lipinski definition) is 3. The van der Waals surface area contributed by atoms with Crippen LogP contribution < -0.4 is 0 Å². The van der Waals surface area contributed by atoms with E-state index < -0.39 is 97.5 Å². The van der Waals surface area contributed by atoms with Gasteiger partial charge in [-0.3, -0.25) is 37.3 Å². The lowest BCUT2D eigenvalue weighted by Gasteiger charge is -2.21. The van der Waals surface area contributed by atoms with Crippen molar-refractivity contribution in [3.63, 3.8) is 0 Å². The van der Waals surface area contributed by atoms with Gasteiger partial charge in [-0.2, -0.15) is 0 Å². The summed E-state index contributed by atoms with van der Waals surface area (Å²) in [5.74, 6) is -0.577. The number of ether oxygens (including phenoxy) is 4. The molecule has 624 valence electrons. The minimum atomic E-state index is -4.97. The van der Waals surface area contributed by atoms with Gasteiger partial charge >= 0.3 is 39.5 Å². The molecule has 5 atom stereocenters. The molecular weight excluding hydrogens is 1370 g/mol. The SMILES string of the molecule is CCCCCCCCCCCCCCCCCCCCC(=O)OC[C@H](COP(=O)(O)OC[C@@H](O)COP(=O)(O)OC[C@@H](COC(=O)CCCCCCCCCC(C)C)OC(=O)CCCCCCCCCCCCCCCCCC)OC(=O)CCCCCCCCCCCCCCCCCCCCC(C)C. The van der Waals surface area contributed by atoms with Crippen LogP contribution in [0.1, 0.15) is 459 Å². The van der Waals surface area contributed by atoms with E-state index in [4.69, 9.17) is 37.0 Å². The van der Waals surface area contributed by atoms with Gasteiger partial charge in [-0.05, 0) is 37.5 Å². The summed E-state index contributed by atoms with van der Waals surface area (Å²) in [6.45, 7) is 9.65. The first-order valence-electron chi connectivity index (χ1n) is 44.5. The molecule has 19 heteroatoms. The Hall–Kier alpha value is -1.94. The number of rotatable bonds is 85. The van der Waals surface area contributed by atoms with Crippen LogP contribution in [0.25, 0.3) is 0 Å². The number of carbonyl (C=O) groups is 4. The van der Waals surface area contributed by atoms with Gasteiger partial charge in [0.25, 0.3) is 0 Å². The Kier molecular flexibility index (Phi) is 76.0. The zero-order chi connectivity index (χ0) is 77.1. The summed E-state index contributed by atoms with van der Waals surface area (Å²) in [6.07, 6.45) is 69.5. The van der Waals surface area contributed by atoms with Crippen molar-refractivity contribution in [1.29, 1.82) is 0 Å². The van der Waals surface area contributed by atoms with Crippen LogP contribution in [-0.4, -0.2) is 96.7 Å². The van der Waals surface area contributed by atoms with Gasteiger partial charge in [0.05, 0.1) is 26.4 Å². The molecule has 2 unspecified atom stereocenters. The standard InChI is InChI=1S/C86H168O17P2/c1-7-9-11-13-15-17-19-21-23-25-29-33-36-40-44-50-56-62-68-83(88)96-74-81(102-85(90)70-65-59-52-46-42-38-34-30-27-26-28-31-35-39-43-48-54-60-66-78(3)4)76-100-104(92,93)98-72-80(87)73-99-105(94,95)101-77-82(75-97-84(89)69-63-57-53-47-49-55-61-67-79(5)6)103-86(91)71-64-58-51-45-41-37-32-24-22-20-18-16-14-12-10-8-2/h78-82,87H,7-77H2,1-6H3,(H,92,93)(H,94,95)/t80-,81-,82-/m1/s1. The average Bonchev–Trinajstić information content (AvgIpc) is 0.920. The van der Waals surface area contributed by atoms with Crippen LogP contribution in [0, 0.1) is 11.8 Å². The lowest BCUT2D eigenvalue weighted by molar-refractivity contribution is -0.161. The molecule has 0 aliphatic rings. The number of phosphoric acid groups is 2. The summed E-state index contributed by atoms with van der Waals surface area (Å²) in [4.78, 5) is 73.2. The Labute approximate surface area is 645 Å². The molecular formula is C86H168O17P2. The van der Waals surface area contributed by atoms with Crippen LogP contribution in [0.2, 0.25) is 0 Å². The van der Waals surface area contributed by atoms with Crippen LogP contribution in [0.5, 0.6) is 0 Å². The monoisotopic (exact) mass is 1540 g/mol. The number of esters is 4. The van der Waals surface area contributed by atoms with Crippen LogP contribution in [-0.2, 0) is 65.4 Å². The minimum Gasteiger partial charge on any atom is -0.462 e. The number of hydrogen-bond acceptors (Lipinski definition) is 15. The molecule has 0 aliphatic heterocycles. The van der Waals surface area contributed by atoms with Crippen molar-refractivity contribution in [1.82, 2.24) is 0 Å². The topological polar surface area (TPSA) is 237 Å². The normalized spacial score (nSPS) is 13.8. The first-order chi connectivity index (χ1) is 50.9. The van der Waals surface area contributed by atoms with E-state index in [-0.39, 0.29) is 25.7 Å². The van der Waals surface area contributed by atoms with Crippen molar-refractivity contribution in [2.45, 2.75) is 477 Å². The van der Waals surface area contributed by atoms with Crippen LogP contribution in [0.3, 0.4) is 0 Å². The van der Waals surface area contributed by atoms with Crippen molar-refractivity contribution in [3.8, 4) is 0 Å². The second-order valence-electron chi connectivity index (χ2n) is 31.9. The summed E-state index contributed by atoms with van der Waals surface area (Å²) in [7, 11) is -9.93. The predicted octanol–water partition coefficient (Wildman–Crippen LogP) is 26.2. The van der Waals surface area contributed by atoms with Gasteiger partial charge in [-0.1, -0.05) is 408 Å². The fourth-order valence-corrected chi connectivity index (χ4v) is 15.0. The molecule has 3 N–H and O–H groups in total. The first-order valence-corrected chi connectivity index (χ1v) is 47.5. The van der Waals surface area contributed by atoms with Crippen molar-refractivity contribution >= 4 is 39.5 Å². The zero-order valence-corrected chi connectivity index (χ0v) is 70.8. The molecule has 0 fully saturated rings. The predicted molar refractivity (Wildman–Crippen MR) is 432 cm³/mol. The van der Waals surface area contributed by atoms with Crippen molar-refractivity contribution in [3.05, 3.63) is 0 Å². The lowest BCUT2D eigenvalue weighted by atomic mass is 10.0. The van der Waals surface area contributed by atoms with E-state index in [2.05, 4.69) is 41.5 Å². The van der Waals surface area contributed by atoms with Gasteiger partial charge in [0.1, 0.15) is 19.3 Å². The third-order valence-electron chi connectivity index (χ3n) is 20.2. The molecule has 0 radical (unpaired) electrons. The second kappa shape index (κ2) is 77.4. The highest BCUT2D eigenvalue weighted by Gasteiger charge is 2.30. The maximum Gasteiger partial charge on any atom is 0.472 e. The van der Waals surface area contributed by atoms with Crippen molar-refractivity contribution in [2.24, 2.45) is 11.8 Å². The van der Waals surface area contributed by atoms with E-state index in [0.29, 0.717) is 31.6 Å². The largest absolute Gasteiger partial charge is 0.472 e. The molecule has 0 saturated heterocycles. The maximum atomic E-state index is 13.1. The summed E-state index contributed by atoms with van der Waals surface area (Å²) < 4.78 is 68.9. The maximum absolute atomic E-state index is 13.1. The number of aliphatic hydroxyl groups is 1. The molecule has 0 saturated carbocycles. The van der Waals surface area contributed by atoms with Crippen LogP contribution >= 0.6 is 15.6 Å². The third kappa shape index (κ3) is 79.9. The Morgan fingerprint density at radius 1 is 0.257 bits per heavy atom. The second-order valence-corrected chi connectivity index (χ2v) is 34.8. The Morgan fingerprint density at radius 3 is 0.648 bits per heavy atom. The van der Waals surface area contributed by atoms with Crippen molar-refractivity contribution in [2.75, 3.05) is 39.6 Å². The first kappa shape index (κ1) is 103. The van der Waals surface area contributed by atoms with E-state index in [1.54, 1.807) is 0 Å². The fourth-order valence-electron chi connectivity index (χ4n) is 13.4. The van der Waals surface area contributed by atoms with Gasteiger partial charge < -0.3 is 33.8 Å². The highest BCUT2D eigenvalue weighted by Crippen LogP contribution is 2.45. The van der Waals surface area contributed by atoms with Gasteiger partial charge in [-0.15, -0.1) is 0 Å². The molecule has 0 aliphatic carbocycles. The van der Waals surface area contributed by atoms with Gasteiger partial charge in [0, 0.05) is 25.7 Å². The molecule has 17 nitrogen and oxygen atoms in total. The molecule has 0 aromatic heterocycles. The number of unbranched alkanes of at least 4 members (excludes halogenated alkanes) is 55. The summed E-state index contributed by atoms with van der Waals surface area (Å²) in [5.41, 5.74) is 0. The third-order valence-corrected chi connectivity index (χ3v) is 22.1. The van der Waals surface area contributed by atoms with Gasteiger partial charge in [0.15, 0.2) is 12.2 Å². The van der Waals surface area contributed by atoms with E-state index in [1.807, 2.05) is 0 Å². The fraction of sp³-hybridized carbons (Fsp3) is 0.953. The number of phosphoric ester groups is 2. The van der Waals surface area contributed by atoms with Crippen LogP contribution in [0.4, 0.5) is 0 Å². The smallest absolute Gasteiger partial charge is 0.462 e. The quantitative estimate of drug-likeness (QED) is 0.0222. The molecule has 0 bridgehead atoms. The summed E-state index contributed by atoms with van der Waals surface area (Å²) in [6, 6.07) is 0. The van der Waals surface area contributed by atoms with Crippen LogP contribution in [0.15, 0.2) is 0 Å². The van der Waals surface area contributed by atoms with E-state index in [0.717, 1.165) is 102 Å². The molecule has 0 aromatic rings. The Morgan fingerprint density at radius 2 is 0.438 bits per heavy atom. The Balaban J connectivity index is 5.22. The highest BCUT2D eigenvalue weighted by atomic mass is 31.2. The summed E-state index contributed by atoms with van der Waals surface area (Å²) >= 11 is 0. The zero-order valence-electron chi connectivity index (χ0n) is 69.0. The molecule has 0 amide bonds. The lowest BCUT2D eigenvalue weighted by Crippen LogP contribution is -2.30. The average molecular weight is 1540 g/mol. The van der Waals surface area contributed by atoms with Crippen molar-refractivity contribution < 1.29 is 80.2 Å². The van der Waals surface area contributed by atoms with Gasteiger partial charge in [0.2, 0.25) is 0 Å². The molecule has 105 heavy (non-hydrogen) atoms.